The number of nitrogens with zero attached hydrogens (tertiary/aromatic N) is 1. The molecule has 3 nitrogen and oxygen atoms in total. The fourth-order valence-electron chi connectivity index (χ4n) is 4.23. The molecule has 2 heterocycles. The summed E-state index contributed by atoms with van der Waals surface area (Å²) < 4.78 is 17.1. The molecule has 0 saturated heterocycles. The molecule has 4 aromatic rings. The van der Waals surface area contributed by atoms with Crippen LogP contribution in [0.3, 0.4) is 0 Å². The summed E-state index contributed by atoms with van der Waals surface area (Å²) in [6.45, 7) is 0.694. The molecule has 0 aliphatic carbocycles. The Morgan fingerprint density at radius 3 is 2.62 bits per heavy atom. The monoisotopic (exact) mass is 404 g/mol. The van der Waals surface area contributed by atoms with E-state index in [9.17, 15) is 9.18 Å². The van der Waals surface area contributed by atoms with E-state index in [-0.39, 0.29) is 17.4 Å². The summed E-state index contributed by atoms with van der Waals surface area (Å²) >= 11 is 6.04. The van der Waals surface area contributed by atoms with Crippen LogP contribution in [-0.2, 0) is 11.3 Å². The molecule has 0 bridgehead atoms. The van der Waals surface area contributed by atoms with Gasteiger partial charge in [0.1, 0.15) is 5.82 Å². The molecule has 3 aromatic carbocycles. The van der Waals surface area contributed by atoms with Gasteiger partial charge in [-0.15, -0.1) is 0 Å². The molecule has 1 atom stereocenters. The van der Waals surface area contributed by atoms with Gasteiger partial charge in [-0.3, -0.25) is 4.79 Å². The highest BCUT2D eigenvalue weighted by Gasteiger charge is 2.30. The lowest BCUT2D eigenvalue weighted by Crippen LogP contribution is -2.14. The summed E-state index contributed by atoms with van der Waals surface area (Å²) in [7, 11) is 0. The van der Waals surface area contributed by atoms with Crippen molar-refractivity contribution in [2.45, 2.75) is 18.9 Å². The number of anilines is 1. The minimum absolute atomic E-state index is 0.0698. The number of amides is 1. The van der Waals surface area contributed by atoms with Crippen LogP contribution in [-0.4, -0.2) is 10.5 Å². The lowest BCUT2D eigenvalue weighted by atomic mass is 9.88. The summed E-state index contributed by atoms with van der Waals surface area (Å²) in [5.41, 5.74) is 4.33. The molecule has 1 aromatic heterocycles. The van der Waals surface area contributed by atoms with Crippen molar-refractivity contribution in [3.8, 4) is 0 Å². The second kappa shape index (κ2) is 7.05. The van der Waals surface area contributed by atoms with Crippen molar-refractivity contribution in [3.63, 3.8) is 0 Å². The Morgan fingerprint density at radius 2 is 1.79 bits per heavy atom. The fraction of sp³-hybridized carbons (Fsp3) is 0.125. The van der Waals surface area contributed by atoms with Gasteiger partial charge in [0.2, 0.25) is 5.91 Å². The number of benzene rings is 3. The Bertz CT molecular complexity index is 1230. The molecular weight excluding hydrogens is 387 g/mol. The van der Waals surface area contributed by atoms with Crippen molar-refractivity contribution in [1.82, 2.24) is 4.57 Å². The average Bonchev–Trinajstić information content (AvgIpc) is 3.01. The maximum atomic E-state index is 14.9. The highest BCUT2D eigenvalue weighted by Crippen LogP contribution is 2.42. The molecule has 1 N–H and O–H groups in total. The molecule has 0 saturated carbocycles. The van der Waals surface area contributed by atoms with Gasteiger partial charge in [-0.25, -0.2) is 4.39 Å². The summed E-state index contributed by atoms with van der Waals surface area (Å²) in [5.74, 6) is -1.00. The topological polar surface area (TPSA) is 34.0 Å². The van der Waals surface area contributed by atoms with Crippen LogP contribution in [0.25, 0.3) is 10.9 Å². The SMILES string of the molecule is O=C1C[C@H](c2cccc(Cl)c2F)c2cn(Cc3ccccc3)c3cccc(c23)N1. The largest absolute Gasteiger partial charge is 0.343 e. The van der Waals surface area contributed by atoms with Crippen LogP contribution in [0.4, 0.5) is 10.1 Å². The van der Waals surface area contributed by atoms with Gasteiger partial charge in [-0.1, -0.05) is 60.1 Å². The van der Waals surface area contributed by atoms with Crippen LogP contribution in [0.15, 0.2) is 72.9 Å². The zero-order valence-electron chi connectivity index (χ0n) is 15.5. The fourth-order valence-corrected chi connectivity index (χ4v) is 4.41. The third kappa shape index (κ3) is 3.10. The highest BCUT2D eigenvalue weighted by molar-refractivity contribution is 6.30. The Morgan fingerprint density at radius 1 is 1.00 bits per heavy atom. The van der Waals surface area contributed by atoms with Crippen molar-refractivity contribution in [1.29, 1.82) is 0 Å². The Labute approximate surface area is 172 Å². The van der Waals surface area contributed by atoms with Gasteiger partial charge in [0, 0.05) is 30.5 Å². The first-order chi connectivity index (χ1) is 14.1. The summed E-state index contributed by atoms with van der Waals surface area (Å²) in [5, 5.41) is 4.02. The molecule has 144 valence electrons. The van der Waals surface area contributed by atoms with E-state index >= 15 is 0 Å². The molecule has 1 aliphatic rings. The van der Waals surface area contributed by atoms with Crippen LogP contribution < -0.4 is 5.32 Å². The minimum atomic E-state index is -0.463. The molecule has 0 fully saturated rings. The minimum Gasteiger partial charge on any atom is -0.343 e. The molecule has 5 heteroatoms. The first kappa shape index (κ1) is 18.0. The summed E-state index contributed by atoms with van der Waals surface area (Å²) in [6.07, 6.45) is 2.21. The zero-order chi connectivity index (χ0) is 20.0. The van der Waals surface area contributed by atoms with E-state index in [2.05, 4.69) is 22.0 Å². The summed E-state index contributed by atoms with van der Waals surface area (Å²) in [4.78, 5) is 12.6. The van der Waals surface area contributed by atoms with Crippen LogP contribution in [0.5, 0.6) is 0 Å². The van der Waals surface area contributed by atoms with Crippen LogP contribution >= 0.6 is 11.6 Å². The normalized spacial score (nSPS) is 15.9. The second-order valence-electron chi connectivity index (χ2n) is 7.35. The van der Waals surface area contributed by atoms with E-state index in [4.69, 9.17) is 11.6 Å². The van der Waals surface area contributed by atoms with Crippen molar-refractivity contribution < 1.29 is 9.18 Å². The quantitative estimate of drug-likeness (QED) is 0.449. The van der Waals surface area contributed by atoms with Gasteiger partial charge in [0.15, 0.2) is 0 Å². The maximum Gasteiger partial charge on any atom is 0.225 e. The third-order valence-electron chi connectivity index (χ3n) is 5.53. The average molecular weight is 405 g/mol. The van der Waals surface area contributed by atoms with Crippen LogP contribution in [0.2, 0.25) is 5.02 Å². The van der Waals surface area contributed by atoms with E-state index in [1.54, 1.807) is 12.1 Å². The molecule has 0 unspecified atom stereocenters. The zero-order valence-corrected chi connectivity index (χ0v) is 16.3. The molecular formula is C24H18ClFN2O. The molecule has 1 amide bonds. The van der Waals surface area contributed by atoms with Gasteiger partial charge < -0.3 is 9.88 Å². The van der Waals surface area contributed by atoms with Crippen molar-refractivity contribution >= 4 is 34.1 Å². The van der Waals surface area contributed by atoms with E-state index in [0.717, 1.165) is 22.2 Å². The number of halogens is 2. The van der Waals surface area contributed by atoms with Gasteiger partial charge in [0.05, 0.1) is 16.2 Å². The summed E-state index contributed by atoms with van der Waals surface area (Å²) in [6, 6.07) is 21.0. The molecule has 5 rings (SSSR count). The predicted octanol–water partition coefficient (Wildman–Crippen LogP) is 5.96. The molecule has 29 heavy (non-hydrogen) atoms. The van der Waals surface area contributed by atoms with Gasteiger partial charge >= 0.3 is 0 Å². The van der Waals surface area contributed by atoms with Crippen LogP contribution in [0.1, 0.15) is 29.0 Å². The second-order valence-corrected chi connectivity index (χ2v) is 7.75. The molecule has 1 aliphatic heterocycles. The van der Waals surface area contributed by atoms with E-state index in [1.165, 1.54) is 11.6 Å². The standard InChI is InChI=1S/C24H18ClFN2O/c25-19-9-4-8-16(24(19)26)17-12-22(29)27-20-10-5-11-21-23(20)18(17)14-28(21)13-15-6-2-1-3-7-15/h1-11,14,17H,12-13H2,(H,27,29)/t17-/m1/s1. The maximum absolute atomic E-state index is 14.9. The van der Waals surface area contributed by atoms with Crippen LogP contribution in [0, 0.1) is 5.82 Å². The molecule has 0 radical (unpaired) electrons. The number of nitrogens with one attached hydrogen (secondary N) is 1. The lowest BCUT2D eigenvalue weighted by Gasteiger charge is -2.16. The third-order valence-corrected chi connectivity index (χ3v) is 5.82. The highest BCUT2D eigenvalue weighted by atomic mass is 35.5. The van der Waals surface area contributed by atoms with E-state index in [0.29, 0.717) is 12.1 Å². The Balaban J connectivity index is 1.73. The first-order valence-corrected chi connectivity index (χ1v) is 9.89. The Kier molecular flexibility index (Phi) is 4.36. The number of hydrogen-bond donors (Lipinski definition) is 1. The predicted molar refractivity (Wildman–Crippen MR) is 114 cm³/mol. The van der Waals surface area contributed by atoms with E-state index in [1.807, 2.05) is 42.6 Å². The number of aromatic nitrogens is 1. The number of hydrogen-bond acceptors (Lipinski definition) is 1. The van der Waals surface area contributed by atoms with E-state index < -0.39 is 11.7 Å². The molecule has 0 spiro atoms. The number of carbonyl (C=O) groups excluding carboxylic acids is 1. The Hall–Kier alpha value is -3.11. The van der Waals surface area contributed by atoms with Gasteiger partial charge in [-0.2, -0.15) is 0 Å². The smallest absolute Gasteiger partial charge is 0.225 e. The van der Waals surface area contributed by atoms with Crippen molar-refractivity contribution in [2.24, 2.45) is 0 Å². The van der Waals surface area contributed by atoms with Gasteiger partial charge in [0.25, 0.3) is 0 Å². The number of rotatable bonds is 3. The van der Waals surface area contributed by atoms with Crippen molar-refractivity contribution in [2.75, 3.05) is 5.32 Å². The number of carbonyl (C=O) groups is 1. The van der Waals surface area contributed by atoms with Crippen molar-refractivity contribution in [3.05, 3.63) is 100 Å². The van der Waals surface area contributed by atoms with Gasteiger partial charge in [-0.05, 0) is 34.9 Å². The lowest BCUT2D eigenvalue weighted by molar-refractivity contribution is -0.116. The first-order valence-electron chi connectivity index (χ1n) is 9.51.